The SMILES string of the molecule is COc1ccccc1NC(N)=NCc1cc(Cl)ccc1OC(F)F. The summed E-state index contributed by atoms with van der Waals surface area (Å²) >= 11 is 5.88. The van der Waals surface area contributed by atoms with Crippen LogP contribution in [0, 0.1) is 0 Å². The van der Waals surface area contributed by atoms with Gasteiger partial charge < -0.3 is 20.5 Å². The third-order valence-corrected chi connectivity index (χ3v) is 3.26. The number of benzene rings is 2. The van der Waals surface area contributed by atoms with Crippen molar-refractivity contribution in [3.8, 4) is 11.5 Å². The first-order valence-electron chi connectivity index (χ1n) is 6.93. The van der Waals surface area contributed by atoms with E-state index in [4.69, 9.17) is 22.1 Å². The van der Waals surface area contributed by atoms with Crippen molar-refractivity contribution in [2.75, 3.05) is 12.4 Å². The predicted octanol–water partition coefficient (Wildman–Crippen LogP) is 3.88. The average molecular weight is 356 g/mol. The van der Waals surface area contributed by atoms with Crippen LogP contribution in [-0.2, 0) is 6.54 Å². The first-order chi connectivity index (χ1) is 11.5. The second kappa shape index (κ2) is 8.35. The summed E-state index contributed by atoms with van der Waals surface area (Å²) in [6, 6.07) is 11.5. The van der Waals surface area contributed by atoms with Gasteiger partial charge in [-0.25, -0.2) is 4.99 Å². The minimum Gasteiger partial charge on any atom is -0.495 e. The van der Waals surface area contributed by atoms with E-state index in [1.807, 2.05) is 12.1 Å². The van der Waals surface area contributed by atoms with E-state index >= 15 is 0 Å². The summed E-state index contributed by atoms with van der Waals surface area (Å²) in [4.78, 5) is 4.12. The molecule has 0 aliphatic heterocycles. The number of nitrogens with two attached hydrogens (primary N) is 1. The van der Waals surface area contributed by atoms with Crippen LogP contribution in [0.25, 0.3) is 0 Å². The Morgan fingerprint density at radius 1 is 1.25 bits per heavy atom. The van der Waals surface area contributed by atoms with Gasteiger partial charge in [0.1, 0.15) is 11.5 Å². The monoisotopic (exact) mass is 355 g/mol. The third-order valence-electron chi connectivity index (χ3n) is 3.03. The van der Waals surface area contributed by atoms with Gasteiger partial charge in [-0.05, 0) is 30.3 Å². The summed E-state index contributed by atoms with van der Waals surface area (Å²) in [7, 11) is 1.54. The molecule has 0 aliphatic rings. The van der Waals surface area contributed by atoms with Gasteiger partial charge in [0, 0.05) is 10.6 Å². The van der Waals surface area contributed by atoms with Crippen molar-refractivity contribution >= 4 is 23.2 Å². The molecule has 0 bridgehead atoms. The second-order valence-corrected chi connectivity index (χ2v) is 5.09. The van der Waals surface area contributed by atoms with Gasteiger partial charge in [0.2, 0.25) is 0 Å². The second-order valence-electron chi connectivity index (χ2n) is 4.66. The van der Waals surface area contributed by atoms with Gasteiger partial charge >= 0.3 is 6.61 Å². The Kier molecular flexibility index (Phi) is 6.20. The largest absolute Gasteiger partial charge is 0.495 e. The van der Waals surface area contributed by atoms with E-state index in [2.05, 4.69) is 15.0 Å². The minimum atomic E-state index is -2.93. The predicted molar refractivity (Wildman–Crippen MR) is 90.0 cm³/mol. The molecule has 2 aromatic carbocycles. The summed E-state index contributed by atoms with van der Waals surface area (Å²) in [6.07, 6.45) is 0. The van der Waals surface area contributed by atoms with Gasteiger partial charge in [-0.2, -0.15) is 8.78 Å². The maximum Gasteiger partial charge on any atom is 0.387 e. The maximum atomic E-state index is 12.4. The van der Waals surface area contributed by atoms with Gasteiger partial charge in [-0.1, -0.05) is 23.7 Å². The lowest BCUT2D eigenvalue weighted by molar-refractivity contribution is -0.0504. The third kappa shape index (κ3) is 4.99. The number of hydrogen-bond donors (Lipinski definition) is 2. The standard InChI is InChI=1S/C16H16ClF2N3O2/c1-23-14-5-3-2-4-12(14)22-16(20)21-9-10-8-11(17)6-7-13(10)24-15(18)19/h2-8,15H,9H2,1H3,(H3,20,21,22). The molecule has 0 fully saturated rings. The Morgan fingerprint density at radius 2 is 2.00 bits per heavy atom. The molecule has 0 heterocycles. The van der Waals surface area contributed by atoms with E-state index in [1.54, 1.807) is 12.1 Å². The number of hydrogen-bond acceptors (Lipinski definition) is 3. The number of aliphatic imine (C=N–C) groups is 1. The lowest BCUT2D eigenvalue weighted by atomic mass is 10.2. The highest BCUT2D eigenvalue weighted by Gasteiger charge is 2.10. The Morgan fingerprint density at radius 3 is 2.71 bits per heavy atom. The van der Waals surface area contributed by atoms with E-state index in [0.29, 0.717) is 22.0 Å². The Balaban J connectivity index is 2.13. The zero-order valence-corrected chi connectivity index (χ0v) is 13.6. The number of methoxy groups -OCH3 is 1. The maximum absolute atomic E-state index is 12.4. The molecule has 0 radical (unpaired) electrons. The van der Waals surface area contributed by atoms with Crippen molar-refractivity contribution in [3.05, 3.63) is 53.1 Å². The van der Waals surface area contributed by atoms with Crippen molar-refractivity contribution < 1.29 is 18.3 Å². The van der Waals surface area contributed by atoms with Crippen LogP contribution in [0.4, 0.5) is 14.5 Å². The van der Waals surface area contributed by atoms with Crippen LogP contribution in [-0.4, -0.2) is 19.7 Å². The number of para-hydroxylation sites is 2. The van der Waals surface area contributed by atoms with E-state index in [0.717, 1.165) is 0 Å². The van der Waals surface area contributed by atoms with Gasteiger partial charge in [-0.15, -0.1) is 0 Å². The van der Waals surface area contributed by atoms with Gasteiger partial charge in [0.15, 0.2) is 5.96 Å². The zero-order chi connectivity index (χ0) is 17.5. The van der Waals surface area contributed by atoms with E-state index in [9.17, 15) is 8.78 Å². The molecule has 0 unspecified atom stereocenters. The topological polar surface area (TPSA) is 68.9 Å². The van der Waals surface area contributed by atoms with E-state index in [1.165, 1.54) is 25.3 Å². The smallest absolute Gasteiger partial charge is 0.387 e. The summed E-state index contributed by atoms with van der Waals surface area (Å²) in [5.41, 5.74) is 6.86. The van der Waals surface area contributed by atoms with Crippen LogP contribution >= 0.6 is 11.6 Å². The van der Waals surface area contributed by atoms with Crippen molar-refractivity contribution in [2.24, 2.45) is 10.7 Å². The molecule has 0 spiro atoms. The molecule has 0 amide bonds. The van der Waals surface area contributed by atoms with Gasteiger partial charge in [0.05, 0.1) is 19.3 Å². The molecular formula is C16H16ClF2N3O2. The molecule has 0 atom stereocenters. The number of halogens is 3. The normalized spacial score (nSPS) is 11.5. The zero-order valence-electron chi connectivity index (χ0n) is 12.8. The van der Waals surface area contributed by atoms with E-state index in [-0.39, 0.29) is 18.3 Å². The van der Waals surface area contributed by atoms with Crippen molar-refractivity contribution in [2.45, 2.75) is 13.2 Å². The fourth-order valence-electron chi connectivity index (χ4n) is 1.98. The minimum absolute atomic E-state index is 0.00300. The molecule has 8 heteroatoms. The molecule has 0 saturated carbocycles. The Bertz CT molecular complexity index is 726. The quantitative estimate of drug-likeness (QED) is 0.609. The highest BCUT2D eigenvalue weighted by Crippen LogP contribution is 2.26. The Labute approximate surface area is 143 Å². The lowest BCUT2D eigenvalue weighted by Crippen LogP contribution is -2.23. The Hall–Kier alpha value is -2.54. The molecule has 0 aromatic heterocycles. The van der Waals surface area contributed by atoms with Crippen molar-refractivity contribution in [3.63, 3.8) is 0 Å². The molecule has 3 N–H and O–H groups in total. The number of nitrogens with zero attached hydrogens (tertiary/aromatic N) is 1. The van der Waals surface area contributed by atoms with Gasteiger partial charge in [0.25, 0.3) is 0 Å². The summed E-state index contributed by atoms with van der Waals surface area (Å²) in [6.45, 7) is -2.91. The van der Waals surface area contributed by atoms with Crippen molar-refractivity contribution in [1.82, 2.24) is 0 Å². The number of anilines is 1. The number of guanidine groups is 1. The molecule has 2 aromatic rings. The highest BCUT2D eigenvalue weighted by molar-refractivity contribution is 6.30. The first-order valence-corrected chi connectivity index (χ1v) is 7.30. The van der Waals surface area contributed by atoms with Crippen LogP contribution in [0.5, 0.6) is 11.5 Å². The fourth-order valence-corrected chi connectivity index (χ4v) is 2.17. The highest BCUT2D eigenvalue weighted by atomic mass is 35.5. The van der Waals surface area contributed by atoms with Crippen molar-refractivity contribution in [1.29, 1.82) is 0 Å². The molecular weight excluding hydrogens is 340 g/mol. The van der Waals surface area contributed by atoms with Crippen LogP contribution in [0.2, 0.25) is 5.02 Å². The number of ether oxygens (including phenoxy) is 2. The van der Waals surface area contributed by atoms with Crippen LogP contribution in [0.15, 0.2) is 47.5 Å². The molecule has 5 nitrogen and oxygen atoms in total. The van der Waals surface area contributed by atoms with E-state index < -0.39 is 6.61 Å². The molecule has 0 aliphatic carbocycles. The summed E-state index contributed by atoms with van der Waals surface area (Å²) in [5, 5.41) is 3.27. The van der Waals surface area contributed by atoms with Crippen LogP contribution in [0.1, 0.15) is 5.56 Å². The number of nitrogens with one attached hydrogen (secondary N) is 1. The fraction of sp³-hybridized carbons (Fsp3) is 0.188. The lowest BCUT2D eigenvalue weighted by Gasteiger charge is -2.11. The van der Waals surface area contributed by atoms with Gasteiger partial charge in [-0.3, -0.25) is 0 Å². The number of alkyl halides is 2. The molecule has 128 valence electrons. The molecule has 0 saturated heterocycles. The first kappa shape index (κ1) is 17.8. The van der Waals surface area contributed by atoms with Crippen LogP contribution < -0.4 is 20.5 Å². The molecule has 24 heavy (non-hydrogen) atoms. The van der Waals surface area contributed by atoms with Crippen LogP contribution in [0.3, 0.4) is 0 Å². The number of rotatable bonds is 6. The molecule has 2 rings (SSSR count). The average Bonchev–Trinajstić information content (AvgIpc) is 2.55. The summed E-state index contributed by atoms with van der Waals surface area (Å²) in [5.74, 6) is 0.700. The summed E-state index contributed by atoms with van der Waals surface area (Å²) < 4.78 is 34.5.